The van der Waals surface area contributed by atoms with E-state index in [2.05, 4.69) is 0 Å². The van der Waals surface area contributed by atoms with Gasteiger partial charge in [0.1, 0.15) is 6.10 Å². The monoisotopic (exact) mass is 184 g/mol. The summed E-state index contributed by atoms with van der Waals surface area (Å²) in [6, 6.07) is 0. The van der Waals surface area contributed by atoms with Crippen LogP contribution in [0.25, 0.3) is 0 Å². The number of ether oxygens (including phenoxy) is 2. The van der Waals surface area contributed by atoms with Crippen LogP contribution in [0.2, 0.25) is 0 Å². The van der Waals surface area contributed by atoms with Gasteiger partial charge in [-0.1, -0.05) is 6.92 Å². The Hall–Kier alpha value is -1.16. The lowest BCUT2D eigenvalue weighted by atomic mass is 10.1. The van der Waals surface area contributed by atoms with Crippen molar-refractivity contribution < 1.29 is 19.1 Å². The van der Waals surface area contributed by atoms with Crippen LogP contribution in [-0.2, 0) is 19.1 Å². The lowest BCUT2D eigenvalue weighted by molar-refractivity contribution is -0.180. The van der Waals surface area contributed by atoms with Gasteiger partial charge in [0, 0.05) is 6.92 Å². The van der Waals surface area contributed by atoms with E-state index in [9.17, 15) is 9.59 Å². The predicted molar refractivity (Wildman–Crippen MR) is 44.9 cm³/mol. The molecule has 0 bridgehead atoms. The minimum absolute atomic E-state index is 0.0779. The molecular weight excluding hydrogens is 172 g/mol. The molecule has 72 valence electrons. The summed E-state index contributed by atoms with van der Waals surface area (Å²) in [6.45, 7) is 3.14. The minimum Gasteiger partial charge on any atom is -0.432 e. The van der Waals surface area contributed by atoms with Crippen LogP contribution >= 0.6 is 0 Å². The van der Waals surface area contributed by atoms with E-state index in [1.165, 1.54) is 19.1 Å². The number of ketones is 1. The number of esters is 1. The summed E-state index contributed by atoms with van der Waals surface area (Å²) in [4.78, 5) is 21.7. The molecule has 1 heterocycles. The molecule has 0 N–H and O–H groups in total. The third-order valence-corrected chi connectivity index (χ3v) is 1.69. The molecule has 0 fully saturated rings. The van der Waals surface area contributed by atoms with Gasteiger partial charge in [0.25, 0.3) is 0 Å². The minimum atomic E-state index is -0.708. The van der Waals surface area contributed by atoms with Crippen LogP contribution < -0.4 is 0 Å². The number of hydrogen-bond acceptors (Lipinski definition) is 4. The Kier molecular flexibility index (Phi) is 3.19. The fourth-order valence-electron chi connectivity index (χ4n) is 1.08. The molecule has 0 amide bonds. The standard InChI is InChI=1S/C9H12O4/c1-3-8-7(11)4-5-9(13-8)12-6(2)10/h4-5,8-9H,3H2,1-2H3/t8-,9+/m0/s1. The van der Waals surface area contributed by atoms with E-state index >= 15 is 0 Å². The third kappa shape index (κ3) is 2.66. The van der Waals surface area contributed by atoms with Gasteiger partial charge in [0.05, 0.1) is 0 Å². The van der Waals surface area contributed by atoms with Crippen molar-refractivity contribution in [3.05, 3.63) is 12.2 Å². The zero-order valence-corrected chi connectivity index (χ0v) is 7.65. The third-order valence-electron chi connectivity index (χ3n) is 1.69. The Morgan fingerprint density at radius 1 is 1.69 bits per heavy atom. The molecule has 13 heavy (non-hydrogen) atoms. The summed E-state index contributed by atoms with van der Waals surface area (Å²) in [5, 5.41) is 0. The maximum Gasteiger partial charge on any atom is 0.305 e. The first-order chi connectivity index (χ1) is 6.13. The zero-order chi connectivity index (χ0) is 9.84. The van der Waals surface area contributed by atoms with Crippen LogP contribution in [0, 0.1) is 0 Å². The van der Waals surface area contributed by atoms with Crippen molar-refractivity contribution in [2.24, 2.45) is 0 Å². The average molecular weight is 184 g/mol. The molecule has 2 atom stereocenters. The highest BCUT2D eigenvalue weighted by atomic mass is 16.7. The molecule has 0 saturated heterocycles. The largest absolute Gasteiger partial charge is 0.432 e. The first-order valence-electron chi connectivity index (χ1n) is 4.18. The van der Waals surface area contributed by atoms with E-state index in [1.54, 1.807) is 0 Å². The predicted octanol–water partition coefficient (Wildman–Crippen LogP) is 0.810. The number of carbonyl (C=O) groups is 2. The topological polar surface area (TPSA) is 52.6 Å². The van der Waals surface area contributed by atoms with Gasteiger partial charge in [-0.05, 0) is 18.6 Å². The molecule has 0 aliphatic carbocycles. The fourth-order valence-corrected chi connectivity index (χ4v) is 1.08. The van der Waals surface area contributed by atoms with Crippen molar-refractivity contribution in [1.82, 2.24) is 0 Å². The van der Waals surface area contributed by atoms with E-state index in [4.69, 9.17) is 9.47 Å². The maximum absolute atomic E-state index is 11.1. The van der Waals surface area contributed by atoms with Gasteiger partial charge >= 0.3 is 5.97 Å². The normalized spacial score (nSPS) is 27.4. The van der Waals surface area contributed by atoms with E-state index in [0.29, 0.717) is 6.42 Å². The number of carbonyl (C=O) groups excluding carboxylic acids is 2. The summed E-state index contributed by atoms with van der Waals surface area (Å²) in [7, 11) is 0. The second-order valence-corrected chi connectivity index (χ2v) is 2.77. The van der Waals surface area contributed by atoms with Crippen LogP contribution in [-0.4, -0.2) is 24.1 Å². The smallest absolute Gasteiger partial charge is 0.305 e. The maximum atomic E-state index is 11.1. The fraction of sp³-hybridized carbons (Fsp3) is 0.556. The Bertz CT molecular complexity index is 244. The lowest BCUT2D eigenvalue weighted by Gasteiger charge is -2.23. The highest BCUT2D eigenvalue weighted by Gasteiger charge is 2.24. The molecule has 0 aromatic carbocycles. The molecule has 1 aliphatic heterocycles. The van der Waals surface area contributed by atoms with Crippen LogP contribution in [0.3, 0.4) is 0 Å². The zero-order valence-electron chi connectivity index (χ0n) is 7.65. The number of rotatable bonds is 2. The van der Waals surface area contributed by atoms with E-state index in [1.807, 2.05) is 6.92 Å². The molecule has 0 unspecified atom stereocenters. The first kappa shape index (κ1) is 9.92. The molecule has 1 rings (SSSR count). The molecule has 1 aliphatic rings. The van der Waals surface area contributed by atoms with Crippen molar-refractivity contribution in [2.75, 3.05) is 0 Å². The Labute approximate surface area is 76.5 Å². The Balaban J connectivity index is 2.57. The van der Waals surface area contributed by atoms with Gasteiger partial charge in [-0.2, -0.15) is 0 Å². The molecule has 0 aromatic rings. The second-order valence-electron chi connectivity index (χ2n) is 2.77. The van der Waals surface area contributed by atoms with Crippen molar-refractivity contribution >= 4 is 11.8 Å². The second kappa shape index (κ2) is 4.18. The molecule has 0 spiro atoms. The van der Waals surface area contributed by atoms with Gasteiger partial charge in [0.15, 0.2) is 5.78 Å². The van der Waals surface area contributed by atoms with E-state index < -0.39 is 18.4 Å². The molecule has 0 saturated carbocycles. The van der Waals surface area contributed by atoms with Gasteiger partial charge in [0.2, 0.25) is 6.29 Å². The lowest BCUT2D eigenvalue weighted by Crippen LogP contribution is -2.33. The van der Waals surface area contributed by atoms with Crippen LogP contribution in [0.4, 0.5) is 0 Å². The summed E-state index contributed by atoms with van der Waals surface area (Å²) < 4.78 is 9.95. The SMILES string of the molecule is CC[C@@H]1O[C@@H](OC(C)=O)C=CC1=O. The molecule has 4 nitrogen and oxygen atoms in total. The molecule has 4 heteroatoms. The van der Waals surface area contributed by atoms with Crippen LogP contribution in [0.1, 0.15) is 20.3 Å². The highest BCUT2D eigenvalue weighted by molar-refractivity contribution is 5.94. The van der Waals surface area contributed by atoms with Gasteiger partial charge in [-0.3, -0.25) is 9.59 Å². The van der Waals surface area contributed by atoms with Crippen molar-refractivity contribution in [2.45, 2.75) is 32.7 Å². The first-order valence-corrected chi connectivity index (χ1v) is 4.18. The summed E-state index contributed by atoms with van der Waals surface area (Å²) in [5.74, 6) is -0.496. The van der Waals surface area contributed by atoms with Crippen LogP contribution in [0.15, 0.2) is 12.2 Å². The Morgan fingerprint density at radius 2 is 2.38 bits per heavy atom. The molecular formula is C9H12O4. The summed E-state index contributed by atoms with van der Waals surface area (Å²) in [6.07, 6.45) is 2.23. The van der Waals surface area contributed by atoms with Gasteiger partial charge < -0.3 is 9.47 Å². The van der Waals surface area contributed by atoms with Gasteiger partial charge in [-0.25, -0.2) is 0 Å². The van der Waals surface area contributed by atoms with E-state index in [0.717, 1.165) is 0 Å². The number of hydrogen-bond donors (Lipinski definition) is 0. The average Bonchev–Trinajstić information content (AvgIpc) is 2.07. The quantitative estimate of drug-likeness (QED) is 0.596. The highest BCUT2D eigenvalue weighted by Crippen LogP contribution is 2.13. The van der Waals surface area contributed by atoms with Crippen LogP contribution in [0.5, 0.6) is 0 Å². The molecule has 0 aromatic heterocycles. The van der Waals surface area contributed by atoms with E-state index in [-0.39, 0.29) is 5.78 Å². The Morgan fingerprint density at radius 3 is 2.92 bits per heavy atom. The summed E-state index contributed by atoms with van der Waals surface area (Å²) in [5.41, 5.74) is 0. The van der Waals surface area contributed by atoms with Gasteiger partial charge in [-0.15, -0.1) is 0 Å². The molecule has 0 radical (unpaired) electrons. The van der Waals surface area contributed by atoms with Crippen molar-refractivity contribution in [3.63, 3.8) is 0 Å². The summed E-state index contributed by atoms with van der Waals surface area (Å²) >= 11 is 0. The van der Waals surface area contributed by atoms with Crippen molar-refractivity contribution in [1.29, 1.82) is 0 Å². The van der Waals surface area contributed by atoms with Crippen molar-refractivity contribution in [3.8, 4) is 0 Å².